The molecule has 0 aliphatic heterocycles. The van der Waals surface area contributed by atoms with Crippen molar-refractivity contribution in [3.05, 3.63) is 0 Å². The molecule has 0 fully saturated rings. The molecule has 0 bridgehead atoms. The highest BCUT2D eigenvalue weighted by atomic mass is 16.3. The van der Waals surface area contributed by atoms with Gasteiger partial charge in [0.2, 0.25) is 0 Å². The lowest BCUT2D eigenvalue weighted by atomic mass is 10.3. The molecule has 48 valence electrons. The van der Waals surface area contributed by atoms with E-state index in [2.05, 4.69) is 5.32 Å². The topological polar surface area (TPSA) is 82.1 Å². The Morgan fingerprint density at radius 3 is 2.62 bits per heavy atom. The molecule has 8 heavy (non-hydrogen) atoms. The molecule has 0 saturated carbocycles. The molecule has 0 rings (SSSR count). The highest BCUT2D eigenvalue weighted by Gasteiger charge is 1.98. The number of hydrogen-bond acceptors (Lipinski definition) is 3. The lowest BCUT2D eigenvalue weighted by molar-refractivity contribution is 0.154. The molecule has 1 unspecified atom stereocenters. The van der Waals surface area contributed by atoms with Gasteiger partial charge in [-0.1, -0.05) is 0 Å². The van der Waals surface area contributed by atoms with Gasteiger partial charge in [0.25, 0.3) is 0 Å². The molecule has 5 N–H and O–H groups in total. The molecule has 0 radical (unpaired) electrons. The van der Waals surface area contributed by atoms with Crippen molar-refractivity contribution in [1.29, 1.82) is 5.41 Å². The summed E-state index contributed by atoms with van der Waals surface area (Å²) in [7, 11) is 1.60. The van der Waals surface area contributed by atoms with Gasteiger partial charge in [0, 0.05) is 6.42 Å². The largest absolute Gasteiger partial charge is 0.388 e. The van der Waals surface area contributed by atoms with Crippen LogP contribution in [0.3, 0.4) is 0 Å². The minimum atomic E-state index is -0.674. The average molecular weight is 117 g/mol. The van der Waals surface area contributed by atoms with Gasteiger partial charge in [-0.3, -0.25) is 10.7 Å². The minimum Gasteiger partial charge on any atom is -0.388 e. The van der Waals surface area contributed by atoms with Crippen LogP contribution in [0.1, 0.15) is 6.42 Å². The van der Waals surface area contributed by atoms with E-state index in [1.54, 1.807) is 7.05 Å². The first-order chi connectivity index (χ1) is 3.66. The molecule has 0 aromatic rings. The molecule has 1 atom stereocenters. The second-order valence-corrected chi connectivity index (χ2v) is 1.53. The summed E-state index contributed by atoms with van der Waals surface area (Å²) in [5.74, 6) is -0.00755. The predicted octanol–water partition coefficient (Wildman–Crippen LogP) is -1.15. The lowest BCUT2D eigenvalue weighted by Gasteiger charge is -2.05. The molecule has 0 spiro atoms. The van der Waals surface area contributed by atoms with Gasteiger partial charge in [-0.05, 0) is 7.05 Å². The number of amidine groups is 1. The van der Waals surface area contributed by atoms with Crippen molar-refractivity contribution >= 4 is 5.84 Å². The molecule has 0 heterocycles. The zero-order chi connectivity index (χ0) is 6.57. The van der Waals surface area contributed by atoms with Gasteiger partial charge in [0.15, 0.2) is 0 Å². The number of nitrogens with two attached hydrogens (primary N) is 1. The maximum atomic E-state index is 8.70. The van der Waals surface area contributed by atoms with Crippen LogP contribution in [0.15, 0.2) is 0 Å². The molecule has 0 aromatic carbocycles. The van der Waals surface area contributed by atoms with Crippen molar-refractivity contribution in [3.8, 4) is 0 Å². The fourth-order valence-corrected chi connectivity index (χ4v) is 0.310. The van der Waals surface area contributed by atoms with Crippen molar-refractivity contribution in [1.82, 2.24) is 5.32 Å². The highest BCUT2D eigenvalue weighted by Crippen LogP contribution is 1.81. The van der Waals surface area contributed by atoms with Crippen molar-refractivity contribution in [2.45, 2.75) is 12.6 Å². The summed E-state index contributed by atoms with van der Waals surface area (Å²) in [5, 5.41) is 17.9. The summed E-state index contributed by atoms with van der Waals surface area (Å²) < 4.78 is 0. The maximum absolute atomic E-state index is 8.70. The number of aliphatic hydroxyl groups excluding tert-OH is 1. The van der Waals surface area contributed by atoms with Crippen LogP contribution in [0.25, 0.3) is 0 Å². The number of aliphatic hydroxyl groups is 1. The monoisotopic (exact) mass is 117 g/mol. The van der Waals surface area contributed by atoms with E-state index in [-0.39, 0.29) is 12.3 Å². The minimum absolute atomic E-state index is 0.00755. The molecule has 4 nitrogen and oxygen atoms in total. The van der Waals surface area contributed by atoms with Gasteiger partial charge in [-0.15, -0.1) is 0 Å². The summed E-state index contributed by atoms with van der Waals surface area (Å²) >= 11 is 0. The van der Waals surface area contributed by atoms with E-state index in [1.165, 1.54) is 0 Å². The first kappa shape index (κ1) is 7.39. The van der Waals surface area contributed by atoms with Crippen molar-refractivity contribution in [3.63, 3.8) is 0 Å². The van der Waals surface area contributed by atoms with Gasteiger partial charge >= 0.3 is 0 Å². The molecule has 0 amide bonds. The third-order valence-electron chi connectivity index (χ3n) is 0.746. The van der Waals surface area contributed by atoms with Crippen LogP contribution in [-0.4, -0.2) is 24.2 Å². The van der Waals surface area contributed by atoms with E-state index in [9.17, 15) is 0 Å². The molecule has 0 aliphatic rings. The Morgan fingerprint density at radius 1 is 2.00 bits per heavy atom. The number of nitrogens with one attached hydrogen (secondary N) is 2. The standard InChI is InChI=1S/C4H11N3O/c1-7-4(8)2-3(5)6/h4,7-8H,2H2,1H3,(H3,5,6). The zero-order valence-corrected chi connectivity index (χ0v) is 4.81. The molecular weight excluding hydrogens is 106 g/mol. The second-order valence-electron chi connectivity index (χ2n) is 1.53. The smallest absolute Gasteiger partial charge is 0.111 e. The molecule has 4 heteroatoms. The summed E-state index contributed by atoms with van der Waals surface area (Å²) in [6, 6.07) is 0. The lowest BCUT2D eigenvalue weighted by Crippen LogP contribution is -2.29. The van der Waals surface area contributed by atoms with Crippen LogP contribution in [0.2, 0.25) is 0 Å². The summed E-state index contributed by atoms with van der Waals surface area (Å²) in [6.45, 7) is 0. The fourth-order valence-electron chi connectivity index (χ4n) is 0.310. The van der Waals surface area contributed by atoms with Gasteiger partial charge in [-0.25, -0.2) is 0 Å². The maximum Gasteiger partial charge on any atom is 0.111 e. The predicted molar refractivity (Wildman–Crippen MR) is 31.6 cm³/mol. The first-order valence-corrected chi connectivity index (χ1v) is 2.35. The summed E-state index contributed by atoms with van der Waals surface area (Å²) in [5.41, 5.74) is 4.95. The fraction of sp³-hybridized carbons (Fsp3) is 0.750. The third-order valence-corrected chi connectivity index (χ3v) is 0.746. The Kier molecular flexibility index (Phi) is 3.14. The normalized spacial score (nSPS) is 13.2. The van der Waals surface area contributed by atoms with E-state index >= 15 is 0 Å². The van der Waals surface area contributed by atoms with Gasteiger partial charge in [0.05, 0.1) is 5.84 Å². The van der Waals surface area contributed by atoms with E-state index in [0.29, 0.717) is 0 Å². The first-order valence-electron chi connectivity index (χ1n) is 2.35. The van der Waals surface area contributed by atoms with Crippen LogP contribution < -0.4 is 11.1 Å². The zero-order valence-electron chi connectivity index (χ0n) is 4.81. The quantitative estimate of drug-likeness (QED) is 0.214. The molecule has 0 saturated heterocycles. The SMILES string of the molecule is CNC(O)CC(=N)N. The van der Waals surface area contributed by atoms with E-state index in [0.717, 1.165) is 0 Å². The average Bonchev–Trinajstić information content (AvgIpc) is 1.65. The molecule has 0 aromatic heterocycles. The second kappa shape index (κ2) is 3.40. The Hall–Kier alpha value is -0.610. The van der Waals surface area contributed by atoms with E-state index in [1.807, 2.05) is 0 Å². The highest BCUT2D eigenvalue weighted by molar-refractivity contribution is 5.77. The van der Waals surface area contributed by atoms with Crippen LogP contribution in [0, 0.1) is 5.41 Å². The summed E-state index contributed by atoms with van der Waals surface area (Å²) in [6.07, 6.45) is -0.483. The van der Waals surface area contributed by atoms with Gasteiger partial charge in [0.1, 0.15) is 6.23 Å². The Morgan fingerprint density at radius 2 is 2.50 bits per heavy atom. The van der Waals surface area contributed by atoms with E-state index < -0.39 is 6.23 Å². The van der Waals surface area contributed by atoms with Crippen LogP contribution in [-0.2, 0) is 0 Å². The van der Waals surface area contributed by atoms with Crippen LogP contribution in [0.5, 0.6) is 0 Å². The molecular formula is C4H11N3O. The third kappa shape index (κ3) is 3.58. The van der Waals surface area contributed by atoms with Crippen molar-refractivity contribution < 1.29 is 5.11 Å². The van der Waals surface area contributed by atoms with Crippen molar-refractivity contribution in [2.24, 2.45) is 5.73 Å². The van der Waals surface area contributed by atoms with E-state index in [4.69, 9.17) is 16.2 Å². The Bertz CT molecular complexity index is 83.4. The Labute approximate surface area is 48.2 Å². The van der Waals surface area contributed by atoms with Gasteiger partial charge < -0.3 is 10.8 Å². The van der Waals surface area contributed by atoms with Crippen molar-refractivity contribution in [2.75, 3.05) is 7.05 Å². The molecule has 0 aliphatic carbocycles. The number of hydrogen-bond donors (Lipinski definition) is 4. The van der Waals surface area contributed by atoms with Crippen LogP contribution in [0.4, 0.5) is 0 Å². The van der Waals surface area contributed by atoms with Gasteiger partial charge in [-0.2, -0.15) is 0 Å². The van der Waals surface area contributed by atoms with Crippen LogP contribution >= 0.6 is 0 Å². The Balaban J connectivity index is 3.24. The summed E-state index contributed by atoms with van der Waals surface area (Å²) in [4.78, 5) is 0. The number of rotatable bonds is 3.